The predicted molar refractivity (Wildman–Crippen MR) is 65.2 cm³/mol. The molecule has 0 amide bonds. The van der Waals surface area contributed by atoms with Crippen molar-refractivity contribution in [1.29, 1.82) is 0 Å². The first-order valence-corrected chi connectivity index (χ1v) is 8.88. The second-order valence-corrected chi connectivity index (χ2v) is 7.94. The fraction of sp³-hybridized carbons (Fsp3) is 1.00. The maximum absolute atomic E-state index is 13.4. The molecule has 0 aromatic heterocycles. The van der Waals surface area contributed by atoms with Crippen molar-refractivity contribution < 1.29 is 128 Å². The van der Waals surface area contributed by atoms with Crippen molar-refractivity contribution in [3.8, 4) is 0 Å². The molecule has 0 N–H and O–H groups in total. The molecule has 224 valence electrons. The molecule has 0 aromatic rings. The number of alkyl halides is 22. The van der Waals surface area contributed by atoms with Gasteiger partial charge in [-0.1, -0.05) is 0 Å². The minimum Gasteiger partial charge on any atom is -0.743 e. The van der Waals surface area contributed by atoms with Gasteiger partial charge >= 0.3 is 77.7 Å². The summed E-state index contributed by atoms with van der Waals surface area (Å²) in [5, 5.41) is -8.20. The maximum Gasteiger partial charge on any atom is 1.00 e. The summed E-state index contributed by atoms with van der Waals surface area (Å²) >= 11 is 0. The van der Waals surface area contributed by atoms with Crippen LogP contribution in [0.1, 0.15) is 0 Å². The minimum absolute atomic E-state index is 0. The summed E-state index contributed by atoms with van der Waals surface area (Å²) in [6, 6.07) is 0. The molecule has 38 heavy (non-hydrogen) atoms. The summed E-state index contributed by atoms with van der Waals surface area (Å²) in [4.78, 5) is 0. The second-order valence-electron chi connectivity index (χ2n) is 6.52. The standard InChI is InChI=1S/C11H2F22O3S.Li/c12-1(3(15,16)17)2(13,14)4(18,19)5(20,21)6(22,23)7(24,25)8(26,27)9(28,29)10(30,31)11(32,33)37(34,35)36;/h1H,(H,34,35,36);/q;+1/p-1. The Labute approximate surface area is 204 Å². The minimum atomic E-state index is -9.44. The third-order valence-electron chi connectivity index (χ3n) is 4.07. The maximum atomic E-state index is 13.4. The van der Waals surface area contributed by atoms with E-state index >= 15 is 0 Å². The van der Waals surface area contributed by atoms with Crippen LogP contribution in [0, 0.1) is 0 Å². The van der Waals surface area contributed by atoms with Crippen LogP contribution < -0.4 is 18.9 Å². The van der Waals surface area contributed by atoms with Gasteiger partial charge in [-0.15, -0.1) is 0 Å². The predicted octanol–water partition coefficient (Wildman–Crippen LogP) is 3.11. The SMILES string of the molecule is O=S(=O)([O-])C(F)(F)C(F)(F)C(F)(F)C(F)(F)C(F)(F)C(F)(F)C(F)(F)C(F)(F)C(F)(F)C(F)C(F)(F)F.[Li+]. The molecule has 0 aliphatic heterocycles. The van der Waals surface area contributed by atoms with E-state index in [1.807, 2.05) is 0 Å². The van der Waals surface area contributed by atoms with Gasteiger partial charge in [0.25, 0.3) is 6.17 Å². The number of halogens is 22. The first-order chi connectivity index (χ1) is 15.4. The number of rotatable bonds is 10. The van der Waals surface area contributed by atoms with Crippen LogP contribution in [0.4, 0.5) is 96.6 Å². The topological polar surface area (TPSA) is 57.2 Å². The summed E-state index contributed by atoms with van der Waals surface area (Å²) in [7, 11) is -8.37. The van der Waals surface area contributed by atoms with Crippen LogP contribution in [0.25, 0.3) is 0 Å². The van der Waals surface area contributed by atoms with Crippen molar-refractivity contribution in [1.82, 2.24) is 0 Å². The molecular weight excluding hydrogens is 637 g/mol. The molecule has 0 saturated heterocycles. The number of hydrogen-bond donors (Lipinski definition) is 0. The zero-order chi connectivity index (χ0) is 31.1. The van der Waals surface area contributed by atoms with E-state index in [1.54, 1.807) is 0 Å². The van der Waals surface area contributed by atoms with Crippen molar-refractivity contribution in [2.24, 2.45) is 0 Å². The van der Waals surface area contributed by atoms with E-state index in [9.17, 15) is 110 Å². The van der Waals surface area contributed by atoms with Crippen molar-refractivity contribution in [3.05, 3.63) is 0 Å². The Morgan fingerprint density at radius 3 is 0.868 bits per heavy atom. The van der Waals surface area contributed by atoms with Gasteiger partial charge in [0.15, 0.2) is 10.1 Å². The molecule has 0 saturated carbocycles. The molecule has 27 heteroatoms. The van der Waals surface area contributed by atoms with E-state index in [0.717, 1.165) is 0 Å². The summed E-state index contributed by atoms with van der Waals surface area (Å²) < 4.78 is 315. The largest absolute Gasteiger partial charge is 1.00 e. The first kappa shape index (κ1) is 39.1. The Hall–Kier alpha value is -1.03. The second kappa shape index (κ2) is 9.52. The summed E-state index contributed by atoms with van der Waals surface area (Å²) in [5.74, 6) is -72.8. The van der Waals surface area contributed by atoms with Crippen molar-refractivity contribution in [2.75, 3.05) is 0 Å². The van der Waals surface area contributed by atoms with Crippen LogP contribution in [0.15, 0.2) is 0 Å². The van der Waals surface area contributed by atoms with Gasteiger partial charge in [-0.05, 0) is 0 Å². The normalized spacial score (nSPS) is 17.2. The van der Waals surface area contributed by atoms with Gasteiger partial charge in [-0.3, -0.25) is 0 Å². The molecule has 3 nitrogen and oxygen atoms in total. The van der Waals surface area contributed by atoms with Gasteiger partial charge < -0.3 is 4.55 Å². The van der Waals surface area contributed by atoms with Crippen LogP contribution >= 0.6 is 0 Å². The molecule has 0 fully saturated rings. The monoisotopic (exact) mass is 638 g/mol. The van der Waals surface area contributed by atoms with E-state index < -0.39 is 75.1 Å². The van der Waals surface area contributed by atoms with Gasteiger partial charge in [-0.25, -0.2) is 12.8 Å². The average molecular weight is 638 g/mol. The molecule has 0 rings (SSSR count). The average Bonchev–Trinajstić information content (AvgIpc) is 2.64. The zero-order valence-corrected chi connectivity index (χ0v) is 17.3. The Bertz CT molecular complexity index is 968. The van der Waals surface area contributed by atoms with Gasteiger partial charge in [-0.2, -0.15) is 92.2 Å². The number of hydrogen-bond acceptors (Lipinski definition) is 3. The molecule has 0 radical (unpaired) electrons. The molecule has 0 heterocycles. The van der Waals surface area contributed by atoms with E-state index in [0.29, 0.717) is 0 Å². The molecular formula is C11HF22LiO3S. The summed E-state index contributed by atoms with van der Waals surface area (Å²) in [6.45, 7) is 0. The first-order valence-electron chi connectivity index (χ1n) is 7.47. The van der Waals surface area contributed by atoms with Crippen molar-refractivity contribution in [3.63, 3.8) is 0 Å². The van der Waals surface area contributed by atoms with Crippen LogP contribution in [-0.4, -0.2) is 78.0 Å². The molecule has 0 aliphatic rings. The zero-order valence-electron chi connectivity index (χ0n) is 16.5. The van der Waals surface area contributed by atoms with Gasteiger partial charge in [0.2, 0.25) is 0 Å². The van der Waals surface area contributed by atoms with E-state index in [1.165, 1.54) is 0 Å². The van der Waals surface area contributed by atoms with Crippen LogP contribution in [0.5, 0.6) is 0 Å². The van der Waals surface area contributed by atoms with E-state index in [2.05, 4.69) is 0 Å². The fourth-order valence-electron chi connectivity index (χ4n) is 1.90. The third-order valence-corrected chi connectivity index (χ3v) is 4.95. The molecule has 0 bridgehead atoms. The Kier molecular flexibility index (Phi) is 9.80. The Morgan fingerprint density at radius 2 is 0.658 bits per heavy atom. The van der Waals surface area contributed by atoms with Crippen LogP contribution in [0.3, 0.4) is 0 Å². The van der Waals surface area contributed by atoms with Gasteiger partial charge in [0.1, 0.15) is 0 Å². The molecule has 0 spiro atoms. The quantitative estimate of drug-likeness (QED) is 0.210. The Morgan fingerprint density at radius 1 is 0.447 bits per heavy atom. The molecule has 1 atom stereocenters. The fourth-order valence-corrected chi connectivity index (χ4v) is 2.34. The summed E-state index contributed by atoms with van der Waals surface area (Å²) in [5.41, 5.74) is 0. The van der Waals surface area contributed by atoms with Crippen molar-refractivity contribution >= 4 is 10.1 Å². The van der Waals surface area contributed by atoms with Gasteiger partial charge in [0.05, 0.1) is 0 Å². The molecule has 0 aliphatic carbocycles. The molecule has 0 aromatic carbocycles. The van der Waals surface area contributed by atoms with Gasteiger partial charge in [0, 0.05) is 0 Å². The third kappa shape index (κ3) is 4.77. The van der Waals surface area contributed by atoms with E-state index in [4.69, 9.17) is 0 Å². The van der Waals surface area contributed by atoms with Crippen molar-refractivity contribution in [2.45, 2.75) is 65.0 Å². The van der Waals surface area contributed by atoms with Crippen LogP contribution in [-0.2, 0) is 10.1 Å². The summed E-state index contributed by atoms with van der Waals surface area (Å²) in [6.07, 6.45) is -14.1. The Balaban J connectivity index is 0. The molecule has 1 unspecified atom stereocenters. The van der Waals surface area contributed by atoms with Crippen LogP contribution in [0.2, 0.25) is 0 Å². The van der Waals surface area contributed by atoms with E-state index in [-0.39, 0.29) is 18.9 Å². The smallest absolute Gasteiger partial charge is 0.743 e.